The van der Waals surface area contributed by atoms with E-state index in [4.69, 9.17) is 0 Å². The predicted octanol–water partition coefficient (Wildman–Crippen LogP) is 4.16. The topological polar surface area (TPSA) is 3.24 Å². The number of hydrogen-bond donors (Lipinski definition) is 0. The van der Waals surface area contributed by atoms with Crippen LogP contribution >= 0.6 is 0 Å². The Hall–Kier alpha value is -0.560. The molecule has 3 atom stereocenters. The minimum atomic E-state index is 0.857. The van der Waals surface area contributed by atoms with Crippen molar-refractivity contribution in [2.45, 2.75) is 64.0 Å². The molecule has 0 amide bonds. The van der Waals surface area contributed by atoms with Crippen LogP contribution in [-0.2, 0) is 0 Å². The maximum Gasteiger partial charge on any atom is 0.0101 e. The molecular formula is C16H27N. The lowest BCUT2D eigenvalue weighted by atomic mass is 9.83. The molecule has 3 unspecified atom stereocenters. The third-order valence-corrected chi connectivity index (χ3v) is 4.51. The highest BCUT2D eigenvalue weighted by molar-refractivity contribution is 4.98. The van der Waals surface area contributed by atoms with Crippen molar-refractivity contribution in [2.75, 3.05) is 6.54 Å². The highest BCUT2D eigenvalue weighted by atomic mass is 15.2. The Kier molecular flexibility index (Phi) is 4.85. The molecule has 1 nitrogen and oxygen atoms in total. The summed E-state index contributed by atoms with van der Waals surface area (Å²) in [7, 11) is 0. The molecule has 0 N–H and O–H groups in total. The molecule has 0 radical (unpaired) electrons. The summed E-state index contributed by atoms with van der Waals surface area (Å²) in [6.45, 7) is 7.49. The molecular weight excluding hydrogens is 206 g/mol. The van der Waals surface area contributed by atoms with Gasteiger partial charge >= 0.3 is 0 Å². The summed E-state index contributed by atoms with van der Waals surface area (Å²) in [6.07, 6.45) is 16.0. The van der Waals surface area contributed by atoms with Gasteiger partial charge in [-0.05, 0) is 51.0 Å². The summed E-state index contributed by atoms with van der Waals surface area (Å²) >= 11 is 0. The number of fused-ring (bicyclic) bond motifs is 1. The van der Waals surface area contributed by atoms with Gasteiger partial charge in [0.2, 0.25) is 0 Å². The van der Waals surface area contributed by atoms with Gasteiger partial charge in [-0.15, -0.1) is 0 Å². The lowest BCUT2D eigenvalue weighted by Gasteiger charge is -2.47. The molecule has 0 saturated carbocycles. The largest absolute Gasteiger partial charge is 0.297 e. The Morgan fingerprint density at radius 2 is 2.18 bits per heavy atom. The van der Waals surface area contributed by atoms with Crippen molar-refractivity contribution in [3.63, 3.8) is 0 Å². The van der Waals surface area contributed by atoms with Crippen molar-refractivity contribution in [1.29, 1.82) is 0 Å². The van der Waals surface area contributed by atoms with Gasteiger partial charge in [-0.3, -0.25) is 4.90 Å². The molecule has 96 valence electrons. The van der Waals surface area contributed by atoms with Crippen LogP contribution in [0, 0.1) is 5.92 Å². The van der Waals surface area contributed by atoms with E-state index in [1.165, 1.54) is 51.5 Å². The van der Waals surface area contributed by atoms with Crippen molar-refractivity contribution >= 4 is 0 Å². The van der Waals surface area contributed by atoms with E-state index in [0.29, 0.717) is 0 Å². The van der Waals surface area contributed by atoms with Crippen LogP contribution in [0.25, 0.3) is 0 Å². The SMILES string of the molecule is C=C/C=C/CCC1CCCC2CC(C)CCN12. The molecule has 2 fully saturated rings. The van der Waals surface area contributed by atoms with Gasteiger partial charge in [-0.25, -0.2) is 0 Å². The molecule has 2 saturated heterocycles. The van der Waals surface area contributed by atoms with Crippen molar-refractivity contribution in [3.05, 3.63) is 24.8 Å². The minimum absolute atomic E-state index is 0.857. The summed E-state index contributed by atoms with van der Waals surface area (Å²) < 4.78 is 0. The predicted molar refractivity (Wildman–Crippen MR) is 75.1 cm³/mol. The van der Waals surface area contributed by atoms with Crippen LogP contribution < -0.4 is 0 Å². The van der Waals surface area contributed by atoms with Crippen LogP contribution in [0.1, 0.15) is 51.9 Å². The molecule has 17 heavy (non-hydrogen) atoms. The molecule has 2 heterocycles. The lowest BCUT2D eigenvalue weighted by molar-refractivity contribution is 0.0308. The first kappa shape index (κ1) is 12.9. The summed E-state index contributed by atoms with van der Waals surface area (Å²) in [4.78, 5) is 2.82. The van der Waals surface area contributed by atoms with Crippen LogP contribution in [0.2, 0.25) is 0 Å². The molecule has 0 spiro atoms. The van der Waals surface area contributed by atoms with Crippen LogP contribution in [-0.4, -0.2) is 23.5 Å². The van der Waals surface area contributed by atoms with E-state index in [-0.39, 0.29) is 0 Å². The molecule has 0 aliphatic carbocycles. The highest BCUT2D eigenvalue weighted by Gasteiger charge is 2.33. The van der Waals surface area contributed by atoms with Crippen molar-refractivity contribution < 1.29 is 0 Å². The van der Waals surface area contributed by atoms with E-state index < -0.39 is 0 Å². The lowest BCUT2D eigenvalue weighted by Crippen LogP contribution is -2.50. The Morgan fingerprint density at radius 3 is 3.00 bits per heavy atom. The summed E-state index contributed by atoms with van der Waals surface area (Å²) in [5, 5.41) is 0. The van der Waals surface area contributed by atoms with Gasteiger partial charge in [0.15, 0.2) is 0 Å². The smallest absolute Gasteiger partial charge is 0.0101 e. The van der Waals surface area contributed by atoms with Crippen LogP contribution in [0.15, 0.2) is 24.8 Å². The Labute approximate surface area is 107 Å². The number of allylic oxidation sites excluding steroid dienone is 3. The van der Waals surface area contributed by atoms with E-state index >= 15 is 0 Å². The second kappa shape index (κ2) is 6.39. The molecule has 0 aromatic carbocycles. The van der Waals surface area contributed by atoms with Gasteiger partial charge in [0.25, 0.3) is 0 Å². The van der Waals surface area contributed by atoms with E-state index in [2.05, 4.69) is 30.6 Å². The maximum atomic E-state index is 3.72. The van der Waals surface area contributed by atoms with Gasteiger partial charge in [-0.2, -0.15) is 0 Å². The third kappa shape index (κ3) is 3.45. The van der Waals surface area contributed by atoms with Crippen LogP contribution in [0.5, 0.6) is 0 Å². The fourth-order valence-corrected chi connectivity index (χ4v) is 3.58. The number of piperidine rings is 2. The Balaban J connectivity index is 1.84. The molecule has 0 aromatic rings. The molecule has 2 aliphatic heterocycles. The molecule has 2 aliphatic rings. The summed E-state index contributed by atoms with van der Waals surface area (Å²) in [6, 6.07) is 1.76. The molecule has 2 rings (SSSR count). The second-order valence-corrected chi connectivity index (χ2v) is 5.85. The van der Waals surface area contributed by atoms with E-state index in [0.717, 1.165) is 18.0 Å². The molecule has 0 aromatic heterocycles. The number of rotatable bonds is 4. The standard InChI is InChI=1S/C16H27N/c1-3-4-5-6-8-15-9-7-10-16-13-14(2)11-12-17(15)16/h3-5,14-16H,1,6-13H2,2H3/b5-4+. The number of hydrogen-bond acceptors (Lipinski definition) is 1. The Bertz CT molecular complexity index is 269. The zero-order valence-corrected chi connectivity index (χ0v) is 11.3. The van der Waals surface area contributed by atoms with Gasteiger partial charge in [-0.1, -0.05) is 38.2 Å². The van der Waals surface area contributed by atoms with Gasteiger partial charge in [0, 0.05) is 12.1 Å². The summed E-state index contributed by atoms with van der Waals surface area (Å²) in [5.74, 6) is 0.954. The van der Waals surface area contributed by atoms with E-state index in [1.807, 2.05) is 6.08 Å². The van der Waals surface area contributed by atoms with Gasteiger partial charge in [0.05, 0.1) is 0 Å². The van der Waals surface area contributed by atoms with Crippen LogP contribution in [0.3, 0.4) is 0 Å². The second-order valence-electron chi connectivity index (χ2n) is 5.85. The Morgan fingerprint density at radius 1 is 1.29 bits per heavy atom. The zero-order valence-electron chi connectivity index (χ0n) is 11.3. The van der Waals surface area contributed by atoms with Crippen molar-refractivity contribution in [2.24, 2.45) is 5.92 Å². The average molecular weight is 233 g/mol. The minimum Gasteiger partial charge on any atom is -0.297 e. The van der Waals surface area contributed by atoms with Crippen molar-refractivity contribution in [1.82, 2.24) is 4.90 Å². The third-order valence-electron chi connectivity index (χ3n) is 4.51. The van der Waals surface area contributed by atoms with Crippen molar-refractivity contribution in [3.8, 4) is 0 Å². The molecule has 1 heteroatoms. The first-order valence-corrected chi connectivity index (χ1v) is 7.34. The van der Waals surface area contributed by atoms with E-state index in [1.54, 1.807) is 0 Å². The number of nitrogens with zero attached hydrogens (tertiary/aromatic N) is 1. The summed E-state index contributed by atoms with van der Waals surface area (Å²) in [5.41, 5.74) is 0. The first-order chi connectivity index (χ1) is 8.31. The first-order valence-electron chi connectivity index (χ1n) is 7.34. The monoisotopic (exact) mass is 233 g/mol. The fraction of sp³-hybridized carbons (Fsp3) is 0.750. The normalized spacial score (nSPS) is 34.8. The van der Waals surface area contributed by atoms with Gasteiger partial charge in [0.1, 0.15) is 0 Å². The fourth-order valence-electron chi connectivity index (χ4n) is 3.58. The quantitative estimate of drug-likeness (QED) is 0.659. The highest BCUT2D eigenvalue weighted by Crippen LogP contribution is 2.34. The van der Waals surface area contributed by atoms with Gasteiger partial charge < -0.3 is 0 Å². The maximum absolute atomic E-state index is 3.72. The zero-order chi connectivity index (χ0) is 12.1. The average Bonchev–Trinajstić information content (AvgIpc) is 2.34. The van der Waals surface area contributed by atoms with Crippen LogP contribution in [0.4, 0.5) is 0 Å². The molecule has 0 bridgehead atoms. The van der Waals surface area contributed by atoms with E-state index in [9.17, 15) is 0 Å².